The van der Waals surface area contributed by atoms with Crippen LogP contribution in [0.4, 0.5) is 11.5 Å². The lowest BCUT2D eigenvalue weighted by atomic mass is 9.97. The maximum absolute atomic E-state index is 11.4. The Morgan fingerprint density at radius 1 is 1.08 bits per heavy atom. The SMILES string of the molecule is N#Cc1c(-c2ccccc2[N+](=O)[O-])cc(-c2ccc(Cl)cc2Cl)nc1N. The van der Waals surface area contributed by atoms with E-state index in [-0.39, 0.29) is 22.6 Å². The molecule has 0 saturated heterocycles. The van der Waals surface area contributed by atoms with E-state index >= 15 is 0 Å². The van der Waals surface area contributed by atoms with Crippen molar-refractivity contribution in [3.05, 3.63) is 74.3 Å². The zero-order valence-corrected chi connectivity index (χ0v) is 14.6. The summed E-state index contributed by atoms with van der Waals surface area (Å²) in [5.74, 6) is -0.0378. The first-order valence-electron chi connectivity index (χ1n) is 7.32. The molecule has 26 heavy (non-hydrogen) atoms. The van der Waals surface area contributed by atoms with Crippen molar-refractivity contribution in [2.75, 3.05) is 5.73 Å². The smallest absolute Gasteiger partial charge is 0.277 e. The van der Waals surface area contributed by atoms with Crippen LogP contribution in [0.25, 0.3) is 22.4 Å². The van der Waals surface area contributed by atoms with Crippen LogP contribution >= 0.6 is 23.2 Å². The lowest BCUT2D eigenvalue weighted by molar-refractivity contribution is -0.384. The molecule has 0 spiro atoms. The van der Waals surface area contributed by atoms with Crippen LogP contribution < -0.4 is 5.73 Å². The summed E-state index contributed by atoms with van der Waals surface area (Å²) < 4.78 is 0. The van der Waals surface area contributed by atoms with Gasteiger partial charge in [0.25, 0.3) is 5.69 Å². The summed E-state index contributed by atoms with van der Waals surface area (Å²) in [6.45, 7) is 0. The van der Waals surface area contributed by atoms with Crippen LogP contribution in [0.1, 0.15) is 5.56 Å². The average molecular weight is 385 g/mol. The zero-order valence-electron chi connectivity index (χ0n) is 13.1. The van der Waals surface area contributed by atoms with E-state index in [9.17, 15) is 15.4 Å². The molecule has 0 amide bonds. The van der Waals surface area contributed by atoms with Crippen molar-refractivity contribution in [3.63, 3.8) is 0 Å². The molecule has 0 unspecified atom stereocenters. The quantitative estimate of drug-likeness (QED) is 0.500. The van der Waals surface area contributed by atoms with Crippen molar-refractivity contribution in [1.82, 2.24) is 4.98 Å². The summed E-state index contributed by atoms with van der Waals surface area (Å²) >= 11 is 12.2. The van der Waals surface area contributed by atoms with Gasteiger partial charge < -0.3 is 5.73 Å². The molecule has 2 aromatic carbocycles. The van der Waals surface area contributed by atoms with Crippen LogP contribution in [0.5, 0.6) is 0 Å². The summed E-state index contributed by atoms with van der Waals surface area (Å²) in [6, 6.07) is 14.5. The Kier molecular flexibility index (Phi) is 4.76. The molecule has 0 fully saturated rings. The second-order valence-corrected chi connectivity index (χ2v) is 6.17. The van der Waals surface area contributed by atoms with Crippen LogP contribution in [0.2, 0.25) is 10.0 Å². The molecule has 1 heterocycles. The number of hydrogen-bond acceptors (Lipinski definition) is 5. The Morgan fingerprint density at radius 2 is 1.81 bits per heavy atom. The van der Waals surface area contributed by atoms with Gasteiger partial charge in [-0.3, -0.25) is 10.1 Å². The predicted molar refractivity (Wildman–Crippen MR) is 101 cm³/mol. The van der Waals surface area contributed by atoms with Gasteiger partial charge in [-0.05, 0) is 30.3 Å². The lowest BCUT2D eigenvalue weighted by Crippen LogP contribution is -2.01. The van der Waals surface area contributed by atoms with E-state index in [2.05, 4.69) is 4.98 Å². The summed E-state index contributed by atoms with van der Waals surface area (Å²) in [4.78, 5) is 15.1. The van der Waals surface area contributed by atoms with Crippen molar-refractivity contribution in [2.24, 2.45) is 0 Å². The Morgan fingerprint density at radius 3 is 2.46 bits per heavy atom. The molecular weight excluding hydrogens is 375 g/mol. The first-order chi connectivity index (χ1) is 12.4. The Hall–Kier alpha value is -3.14. The van der Waals surface area contributed by atoms with Gasteiger partial charge in [-0.25, -0.2) is 4.98 Å². The fraction of sp³-hybridized carbons (Fsp3) is 0. The molecule has 2 N–H and O–H groups in total. The number of para-hydroxylation sites is 1. The minimum Gasteiger partial charge on any atom is -0.383 e. The van der Waals surface area contributed by atoms with Gasteiger partial charge in [0.05, 0.1) is 21.2 Å². The van der Waals surface area contributed by atoms with E-state index in [0.29, 0.717) is 26.9 Å². The number of halogens is 2. The summed E-state index contributed by atoms with van der Waals surface area (Å²) in [6.07, 6.45) is 0. The maximum atomic E-state index is 11.4. The summed E-state index contributed by atoms with van der Waals surface area (Å²) in [5.41, 5.74) is 7.39. The summed E-state index contributed by atoms with van der Waals surface area (Å²) in [5, 5.41) is 21.6. The highest BCUT2D eigenvalue weighted by Crippen LogP contribution is 2.38. The van der Waals surface area contributed by atoms with E-state index in [0.717, 1.165) is 0 Å². The van der Waals surface area contributed by atoms with Crippen LogP contribution in [-0.2, 0) is 0 Å². The number of anilines is 1. The van der Waals surface area contributed by atoms with Gasteiger partial charge in [-0.2, -0.15) is 5.26 Å². The van der Waals surface area contributed by atoms with Crippen molar-refractivity contribution < 1.29 is 4.92 Å². The third-order valence-corrected chi connectivity index (χ3v) is 4.31. The normalized spacial score (nSPS) is 10.3. The third kappa shape index (κ3) is 3.18. The maximum Gasteiger partial charge on any atom is 0.277 e. The molecular formula is C18H10Cl2N4O2. The van der Waals surface area contributed by atoms with Crippen LogP contribution in [0.3, 0.4) is 0 Å². The highest BCUT2D eigenvalue weighted by atomic mass is 35.5. The second kappa shape index (κ2) is 7.00. The average Bonchev–Trinajstić information content (AvgIpc) is 2.61. The minimum atomic E-state index is -0.512. The zero-order chi connectivity index (χ0) is 18.8. The number of hydrogen-bond donors (Lipinski definition) is 1. The number of pyridine rings is 1. The van der Waals surface area contributed by atoms with E-state index in [1.807, 2.05) is 6.07 Å². The molecule has 0 saturated carbocycles. The first-order valence-corrected chi connectivity index (χ1v) is 8.07. The molecule has 0 atom stereocenters. The fourth-order valence-electron chi connectivity index (χ4n) is 2.59. The van der Waals surface area contributed by atoms with Crippen molar-refractivity contribution in [2.45, 2.75) is 0 Å². The number of nitrogen functional groups attached to an aromatic ring is 1. The van der Waals surface area contributed by atoms with Gasteiger partial charge in [-0.15, -0.1) is 0 Å². The van der Waals surface area contributed by atoms with Gasteiger partial charge in [0.1, 0.15) is 17.5 Å². The van der Waals surface area contributed by atoms with Gasteiger partial charge in [0.15, 0.2) is 0 Å². The van der Waals surface area contributed by atoms with E-state index in [4.69, 9.17) is 28.9 Å². The molecule has 0 aliphatic rings. The van der Waals surface area contributed by atoms with Crippen molar-refractivity contribution >= 4 is 34.7 Å². The number of nitro benzene ring substituents is 1. The standard InChI is InChI=1S/C18H10Cl2N4O2/c19-10-5-6-12(15(20)7-10)16-8-13(14(9-21)18(22)23-16)11-3-1-2-4-17(11)24(25)26/h1-8H,(H2,22,23). The van der Waals surface area contributed by atoms with Crippen molar-refractivity contribution in [1.29, 1.82) is 5.26 Å². The molecule has 1 aromatic heterocycles. The molecule has 3 aromatic rings. The Labute approximate surface area is 158 Å². The number of nitrogens with zero attached hydrogens (tertiary/aromatic N) is 3. The number of nitrogens with two attached hydrogens (primary N) is 1. The van der Waals surface area contributed by atoms with Crippen molar-refractivity contribution in [3.8, 4) is 28.5 Å². The lowest BCUT2D eigenvalue weighted by Gasteiger charge is -2.11. The number of nitro groups is 1. The largest absolute Gasteiger partial charge is 0.383 e. The van der Waals surface area contributed by atoms with E-state index < -0.39 is 4.92 Å². The summed E-state index contributed by atoms with van der Waals surface area (Å²) in [7, 11) is 0. The van der Waals surface area contributed by atoms with E-state index in [1.54, 1.807) is 42.5 Å². The van der Waals surface area contributed by atoms with Gasteiger partial charge in [0.2, 0.25) is 0 Å². The molecule has 128 valence electrons. The Balaban J connectivity index is 2.31. The fourth-order valence-corrected chi connectivity index (χ4v) is 3.10. The molecule has 0 aliphatic heterocycles. The number of rotatable bonds is 3. The number of aromatic nitrogens is 1. The first kappa shape index (κ1) is 17.7. The predicted octanol–water partition coefficient (Wildman–Crippen LogP) is 5.08. The minimum absolute atomic E-state index is 0.0378. The highest BCUT2D eigenvalue weighted by molar-refractivity contribution is 6.36. The monoisotopic (exact) mass is 384 g/mol. The highest BCUT2D eigenvalue weighted by Gasteiger charge is 2.21. The molecule has 0 bridgehead atoms. The van der Waals surface area contributed by atoms with Gasteiger partial charge in [-0.1, -0.05) is 35.3 Å². The molecule has 0 radical (unpaired) electrons. The number of benzene rings is 2. The Bertz CT molecular complexity index is 1080. The van der Waals surface area contributed by atoms with Gasteiger partial charge in [0, 0.05) is 22.2 Å². The number of nitriles is 1. The topological polar surface area (TPSA) is 106 Å². The van der Waals surface area contributed by atoms with Gasteiger partial charge >= 0.3 is 0 Å². The van der Waals surface area contributed by atoms with Crippen LogP contribution in [0, 0.1) is 21.4 Å². The molecule has 0 aliphatic carbocycles. The van der Waals surface area contributed by atoms with Crippen LogP contribution in [-0.4, -0.2) is 9.91 Å². The van der Waals surface area contributed by atoms with Crippen LogP contribution in [0.15, 0.2) is 48.5 Å². The molecule has 8 heteroatoms. The third-order valence-electron chi connectivity index (χ3n) is 3.76. The van der Waals surface area contributed by atoms with E-state index in [1.165, 1.54) is 6.07 Å². The molecule has 3 rings (SSSR count). The molecule has 6 nitrogen and oxygen atoms in total. The second-order valence-electron chi connectivity index (χ2n) is 5.33.